The van der Waals surface area contributed by atoms with Gasteiger partial charge in [0, 0.05) is 6.04 Å². The van der Waals surface area contributed by atoms with Crippen LogP contribution in [0.5, 0.6) is 0 Å². The van der Waals surface area contributed by atoms with Crippen molar-refractivity contribution in [2.24, 2.45) is 5.92 Å². The maximum Gasteiger partial charge on any atom is 0.304 e. The van der Waals surface area contributed by atoms with Crippen molar-refractivity contribution < 1.29 is 9.90 Å². The molecule has 0 aromatic heterocycles. The zero-order valence-electron chi connectivity index (χ0n) is 10.6. The summed E-state index contributed by atoms with van der Waals surface area (Å²) in [4.78, 5) is 13.1. The SMILES string of the molecule is CCCC1CCN(C(CC)CC(=O)O)CC1. The van der Waals surface area contributed by atoms with Crippen LogP contribution in [0.25, 0.3) is 0 Å². The van der Waals surface area contributed by atoms with Gasteiger partial charge in [0.05, 0.1) is 6.42 Å². The number of piperidine rings is 1. The maximum atomic E-state index is 10.8. The highest BCUT2D eigenvalue weighted by atomic mass is 16.4. The van der Waals surface area contributed by atoms with Crippen LogP contribution in [-0.2, 0) is 4.79 Å². The van der Waals surface area contributed by atoms with Crippen LogP contribution in [0.1, 0.15) is 52.4 Å². The van der Waals surface area contributed by atoms with E-state index >= 15 is 0 Å². The van der Waals surface area contributed by atoms with Crippen LogP contribution >= 0.6 is 0 Å². The third-order valence-corrected chi connectivity index (χ3v) is 3.74. The standard InChI is InChI=1S/C13H25NO2/c1-3-5-11-6-8-14(9-7-11)12(4-2)10-13(15)16/h11-12H,3-10H2,1-2H3,(H,15,16). The fraction of sp³-hybridized carbons (Fsp3) is 0.923. The topological polar surface area (TPSA) is 40.5 Å². The lowest BCUT2D eigenvalue weighted by Gasteiger charge is -2.36. The van der Waals surface area contributed by atoms with E-state index in [9.17, 15) is 4.79 Å². The summed E-state index contributed by atoms with van der Waals surface area (Å²) in [5.41, 5.74) is 0. The first-order valence-electron chi connectivity index (χ1n) is 6.63. The molecule has 0 bridgehead atoms. The minimum absolute atomic E-state index is 0.250. The van der Waals surface area contributed by atoms with Crippen molar-refractivity contribution in [3.8, 4) is 0 Å². The average molecular weight is 227 g/mol. The lowest BCUT2D eigenvalue weighted by molar-refractivity contribution is -0.138. The minimum atomic E-state index is -0.664. The van der Waals surface area contributed by atoms with Crippen LogP contribution in [0.2, 0.25) is 0 Å². The van der Waals surface area contributed by atoms with Gasteiger partial charge in [0.1, 0.15) is 0 Å². The van der Waals surface area contributed by atoms with Gasteiger partial charge >= 0.3 is 5.97 Å². The lowest BCUT2D eigenvalue weighted by atomic mass is 9.91. The molecule has 94 valence electrons. The molecule has 0 saturated carbocycles. The molecule has 0 aromatic rings. The third kappa shape index (κ3) is 4.12. The van der Waals surface area contributed by atoms with Crippen molar-refractivity contribution in [1.29, 1.82) is 0 Å². The number of carboxylic acid groups (broad SMARTS) is 1. The number of carboxylic acids is 1. The molecule has 16 heavy (non-hydrogen) atoms. The predicted molar refractivity (Wildman–Crippen MR) is 65.5 cm³/mol. The predicted octanol–water partition coefficient (Wildman–Crippen LogP) is 2.75. The number of carbonyl (C=O) groups is 1. The number of rotatable bonds is 6. The zero-order chi connectivity index (χ0) is 12.0. The molecule has 3 heteroatoms. The van der Waals surface area contributed by atoms with Crippen LogP contribution < -0.4 is 0 Å². The number of hydrogen-bond acceptors (Lipinski definition) is 2. The molecule has 1 aliphatic rings. The molecule has 1 heterocycles. The highest BCUT2D eigenvalue weighted by molar-refractivity contribution is 5.67. The van der Waals surface area contributed by atoms with Crippen molar-refractivity contribution in [3.05, 3.63) is 0 Å². The molecule has 1 N–H and O–H groups in total. The Morgan fingerprint density at radius 1 is 1.38 bits per heavy atom. The van der Waals surface area contributed by atoms with E-state index < -0.39 is 5.97 Å². The van der Waals surface area contributed by atoms with Gasteiger partial charge in [-0.25, -0.2) is 0 Å². The Balaban J connectivity index is 2.35. The summed E-state index contributed by atoms with van der Waals surface area (Å²) >= 11 is 0. The van der Waals surface area contributed by atoms with Crippen LogP contribution in [0.3, 0.4) is 0 Å². The zero-order valence-corrected chi connectivity index (χ0v) is 10.6. The van der Waals surface area contributed by atoms with Crippen LogP contribution in [0.15, 0.2) is 0 Å². The number of nitrogens with zero attached hydrogens (tertiary/aromatic N) is 1. The van der Waals surface area contributed by atoms with Gasteiger partial charge < -0.3 is 5.11 Å². The first kappa shape index (κ1) is 13.5. The van der Waals surface area contributed by atoms with Crippen molar-refractivity contribution in [2.45, 2.75) is 58.4 Å². The minimum Gasteiger partial charge on any atom is -0.481 e. The van der Waals surface area contributed by atoms with E-state index in [4.69, 9.17) is 5.11 Å². The average Bonchev–Trinajstić information content (AvgIpc) is 2.27. The summed E-state index contributed by atoms with van der Waals surface area (Å²) in [6.07, 6.45) is 6.37. The van der Waals surface area contributed by atoms with Gasteiger partial charge in [-0.1, -0.05) is 26.7 Å². The second kappa shape index (κ2) is 6.89. The molecule has 0 radical (unpaired) electrons. The first-order chi connectivity index (χ1) is 7.67. The van der Waals surface area contributed by atoms with Gasteiger partial charge in [0.2, 0.25) is 0 Å². The highest BCUT2D eigenvalue weighted by Gasteiger charge is 2.24. The molecule has 0 aromatic carbocycles. The highest BCUT2D eigenvalue weighted by Crippen LogP contribution is 2.24. The summed E-state index contributed by atoms with van der Waals surface area (Å²) in [6.45, 7) is 6.52. The Morgan fingerprint density at radius 2 is 2.00 bits per heavy atom. The Hall–Kier alpha value is -0.570. The van der Waals surface area contributed by atoms with E-state index in [-0.39, 0.29) is 6.04 Å². The molecule has 3 nitrogen and oxygen atoms in total. The number of aliphatic carboxylic acids is 1. The van der Waals surface area contributed by atoms with Crippen molar-refractivity contribution in [3.63, 3.8) is 0 Å². The number of likely N-dealkylation sites (tertiary alicyclic amines) is 1. The second-order valence-electron chi connectivity index (χ2n) is 4.93. The summed E-state index contributed by atoms with van der Waals surface area (Å²) < 4.78 is 0. The fourth-order valence-corrected chi connectivity index (χ4v) is 2.75. The van der Waals surface area contributed by atoms with Gasteiger partial charge in [-0.15, -0.1) is 0 Å². The van der Waals surface area contributed by atoms with E-state index in [0.717, 1.165) is 25.4 Å². The monoisotopic (exact) mass is 227 g/mol. The Bertz CT molecular complexity index is 210. The number of hydrogen-bond donors (Lipinski definition) is 1. The Labute approximate surface area is 98.8 Å². The Morgan fingerprint density at radius 3 is 2.44 bits per heavy atom. The third-order valence-electron chi connectivity index (χ3n) is 3.74. The molecule has 1 saturated heterocycles. The summed E-state index contributed by atoms with van der Waals surface area (Å²) in [5.74, 6) is 0.214. The molecular weight excluding hydrogens is 202 g/mol. The Kier molecular flexibility index (Phi) is 5.81. The van der Waals surface area contributed by atoms with Crippen LogP contribution in [0, 0.1) is 5.92 Å². The maximum absolute atomic E-state index is 10.8. The van der Waals surface area contributed by atoms with Gasteiger partial charge in [0.15, 0.2) is 0 Å². The van der Waals surface area contributed by atoms with Crippen molar-refractivity contribution in [1.82, 2.24) is 4.90 Å². The second-order valence-corrected chi connectivity index (χ2v) is 4.93. The summed E-state index contributed by atoms with van der Waals surface area (Å²) in [6, 6.07) is 0.250. The van der Waals surface area contributed by atoms with Gasteiger partial charge in [-0.2, -0.15) is 0 Å². The fourth-order valence-electron chi connectivity index (χ4n) is 2.75. The van der Waals surface area contributed by atoms with Crippen molar-refractivity contribution >= 4 is 5.97 Å². The normalized spacial score (nSPS) is 20.9. The summed E-state index contributed by atoms with van der Waals surface area (Å²) in [5, 5.41) is 8.86. The van der Waals surface area contributed by atoms with E-state index in [1.54, 1.807) is 0 Å². The van der Waals surface area contributed by atoms with E-state index in [1.165, 1.54) is 25.7 Å². The first-order valence-corrected chi connectivity index (χ1v) is 6.63. The van der Waals surface area contributed by atoms with Crippen LogP contribution in [0.4, 0.5) is 0 Å². The molecule has 1 fully saturated rings. The molecule has 0 amide bonds. The largest absolute Gasteiger partial charge is 0.481 e. The smallest absolute Gasteiger partial charge is 0.304 e. The molecule has 1 atom stereocenters. The van der Waals surface area contributed by atoms with Gasteiger partial charge in [-0.3, -0.25) is 9.69 Å². The van der Waals surface area contributed by atoms with Gasteiger partial charge in [0.25, 0.3) is 0 Å². The van der Waals surface area contributed by atoms with Gasteiger partial charge in [-0.05, 0) is 38.3 Å². The van der Waals surface area contributed by atoms with Crippen molar-refractivity contribution in [2.75, 3.05) is 13.1 Å². The van der Waals surface area contributed by atoms with E-state index in [0.29, 0.717) is 6.42 Å². The quantitative estimate of drug-likeness (QED) is 0.758. The van der Waals surface area contributed by atoms with E-state index in [2.05, 4.69) is 18.7 Å². The molecule has 1 aliphatic heterocycles. The molecule has 0 spiro atoms. The molecule has 0 aliphatic carbocycles. The van der Waals surface area contributed by atoms with E-state index in [1.807, 2.05) is 0 Å². The lowest BCUT2D eigenvalue weighted by Crippen LogP contribution is -2.42. The summed E-state index contributed by atoms with van der Waals surface area (Å²) in [7, 11) is 0. The molecule has 1 unspecified atom stereocenters. The van der Waals surface area contributed by atoms with Crippen LogP contribution in [-0.4, -0.2) is 35.1 Å². The molecular formula is C13H25NO2. The molecule has 1 rings (SSSR count).